The van der Waals surface area contributed by atoms with Gasteiger partial charge in [-0.15, -0.1) is 5.10 Å². The standard InChI is InChI=1S/C13H16ClN3O/c1-13(2,3)12-11(8-18)15-16-17(12)10-6-4-9(14)5-7-10/h4-7,18H,8H2,1-3H3. The van der Waals surface area contributed by atoms with Gasteiger partial charge in [-0.2, -0.15) is 0 Å². The van der Waals surface area contributed by atoms with Gasteiger partial charge in [0.15, 0.2) is 0 Å². The van der Waals surface area contributed by atoms with Crippen molar-refractivity contribution in [3.8, 4) is 5.69 Å². The summed E-state index contributed by atoms with van der Waals surface area (Å²) in [6, 6.07) is 7.38. The lowest BCUT2D eigenvalue weighted by molar-refractivity contribution is 0.273. The molecule has 0 aliphatic heterocycles. The molecule has 0 aliphatic carbocycles. The van der Waals surface area contributed by atoms with E-state index in [2.05, 4.69) is 31.1 Å². The second-order valence-corrected chi connectivity index (χ2v) is 5.62. The zero-order valence-electron chi connectivity index (χ0n) is 10.7. The topological polar surface area (TPSA) is 50.9 Å². The van der Waals surface area contributed by atoms with E-state index in [1.54, 1.807) is 4.68 Å². The third-order valence-electron chi connectivity index (χ3n) is 2.67. The van der Waals surface area contributed by atoms with Gasteiger partial charge in [-0.25, -0.2) is 4.68 Å². The van der Waals surface area contributed by atoms with Gasteiger partial charge in [-0.1, -0.05) is 37.6 Å². The van der Waals surface area contributed by atoms with Crippen molar-refractivity contribution in [1.29, 1.82) is 0 Å². The van der Waals surface area contributed by atoms with Crippen LogP contribution in [-0.2, 0) is 12.0 Å². The van der Waals surface area contributed by atoms with E-state index in [9.17, 15) is 5.11 Å². The molecule has 0 unspecified atom stereocenters. The fourth-order valence-electron chi connectivity index (χ4n) is 1.93. The number of aliphatic hydroxyl groups excluding tert-OH is 1. The Labute approximate surface area is 111 Å². The van der Waals surface area contributed by atoms with Gasteiger partial charge in [0.2, 0.25) is 0 Å². The number of hydrogen-bond acceptors (Lipinski definition) is 3. The van der Waals surface area contributed by atoms with Crippen LogP contribution >= 0.6 is 11.6 Å². The second kappa shape index (κ2) is 4.71. The first-order valence-electron chi connectivity index (χ1n) is 5.75. The third-order valence-corrected chi connectivity index (χ3v) is 2.92. The number of nitrogens with zero attached hydrogens (tertiary/aromatic N) is 3. The van der Waals surface area contributed by atoms with Gasteiger partial charge in [0.05, 0.1) is 18.0 Å². The fraction of sp³-hybridized carbons (Fsp3) is 0.385. The van der Waals surface area contributed by atoms with Crippen LogP contribution in [0, 0.1) is 0 Å². The Hall–Kier alpha value is -1.39. The lowest BCUT2D eigenvalue weighted by Crippen LogP contribution is -2.19. The van der Waals surface area contributed by atoms with Gasteiger partial charge in [0.25, 0.3) is 0 Å². The maximum Gasteiger partial charge on any atom is 0.112 e. The van der Waals surface area contributed by atoms with E-state index in [0.29, 0.717) is 10.7 Å². The summed E-state index contributed by atoms with van der Waals surface area (Å²) in [4.78, 5) is 0. The van der Waals surface area contributed by atoms with Crippen molar-refractivity contribution in [3.05, 3.63) is 40.7 Å². The average Bonchev–Trinajstić information content (AvgIpc) is 2.73. The van der Waals surface area contributed by atoms with E-state index in [0.717, 1.165) is 11.4 Å². The smallest absolute Gasteiger partial charge is 0.112 e. The number of rotatable bonds is 2. The lowest BCUT2D eigenvalue weighted by Gasteiger charge is -2.20. The Balaban J connectivity index is 2.58. The molecule has 0 bridgehead atoms. The fourth-order valence-corrected chi connectivity index (χ4v) is 2.06. The van der Waals surface area contributed by atoms with E-state index in [1.165, 1.54) is 0 Å². The molecule has 1 aromatic carbocycles. The van der Waals surface area contributed by atoms with Crippen molar-refractivity contribution in [2.24, 2.45) is 0 Å². The van der Waals surface area contributed by atoms with Gasteiger partial charge in [0, 0.05) is 10.4 Å². The molecular formula is C13H16ClN3O. The molecule has 0 atom stereocenters. The number of hydrogen-bond donors (Lipinski definition) is 1. The molecule has 2 rings (SSSR count). The Morgan fingerprint density at radius 1 is 1.22 bits per heavy atom. The van der Waals surface area contributed by atoms with Crippen LogP contribution in [0.1, 0.15) is 32.2 Å². The molecule has 4 nitrogen and oxygen atoms in total. The molecule has 0 saturated carbocycles. The highest BCUT2D eigenvalue weighted by Gasteiger charge is 2.25. The maximum absolute atomic E-state index is 9.35. The minimum atomic E-state index is -0.152. The summed E-state index contributed by atoms with van der Waals surface area (Å²) >= 11 is 5.88. The van der Waals surface area contributed by atoms with Crippen molar-refractivity contribution in [2.45, 2.75) is 32.8 Å². The average molecular weight is 266 g/mol. The van der Waals surface area contributed by atoms with Crippen LogP contribution in [0.25, 0.3) is 5.69 Å². The first-order valence-corrected chi connectivity index (χ1v) is 6.13. The molecule has 1 N–H and O–H groups in total. The first-order chi connectivity index (χ1) is 8.43. The minimum absolute atomic E-state index is 0.111. The largest absolute Gasteiger partial charge is 0.390 e. The molecule has 0 amide bonds. The first kappa shape index (κ1) is 13.1. The highest BCUT2D eigenvalue weighted by Crippen LogP contribution is 2.27. The second-order valence-electron chi connectivity index (χ2n) is 5.18. The Bertz CT molecular complexity index is 540. The SMILES string of the molecule is CC(C)(C)c1c(CO)nnn1-c1ccc(Cl)cc1. The summed E-state index contributed by atoms with van der Waals surface area (Å²) in [7, 11) is 0. The zero-order chi connectivity index (χ0) is 13.3. The summed E-state index contributed by atoms with van der Waals surface area (Å²) in [5.41, 5.74) is 2.25. The van der Waals surface area contributed by atoms with Crippen LogP contribution in [0.3, 0.4) is 0 Å². The van der Waals surface area contributed by atoms with Crippen molar-refractivity contribution in [1.82, 2.24) is 15.0 Å². The molecule has 0 radical (unpaired) electrons. The number of halogens is 1. The van der Waals surface area contributed by atoms with Crippen LogP contribution in [0.2, 0.25) is 5.02 Å². The Morgan fingerprint density at radius 2 is 1.83 bits per heavy atom. The summed E-state index contributed by atoms with van der Waals surface area (Å²) < 4.78 is 1.75. The Kier molecular flexibility index (Phi) is 3.41. The molecule has 0 fully saturated rings. The van der Waals surface area contributed by atoms with Gasteiger partial charge in [0.1, 0.15) is 5.69 Å². The minimum Gasteiger partial charge on any atom is -0.390 e. The summed E-state index contributed by atoms with van der Waals surface area (Å²) in [5, 5.41) is 18.2. The monoisotopic (exact) mass is 265 g/mol. The third kappa shape index (κ3) is 2.40. The lowest BCUT2D eigenvalue weighted by atomic mass is 9.90. The van der Waals surface area contributed by atoms with Crippen LogP contribution in [0.15, 0.2) is 24.3 Å². The van der Waals surface area contributed by atoms with E-state index >= 15 is 0 Å². The summed E-state index contributed by atoms with van der Waals surface area (Å²) in [6.07, 6.45) is 0. The van der Waals surface area contributed by atoms with Crippen molar-refractivity contribution >= 4 is 11.6 Å². The zero-order valence-corrected chi connectivity index (χ0v) is 11.4. The van der Waals surface area contributed by atoms with E-state index in [4.69, 9.17) is 11.6 Å². The van der Waals surface area contributed by atoms with Crippen molar-refractivity contribution in [3.63, 3.8) is 0 Å². The van der Waals surface area contributed by atoms with Gasteiger partial charge < -0.3 is 5.11 Å². The number of benzene rings is 1. The molecular weight excluding hydrogens is 250 g/mol. The van der Waals surface area contributed by atoms with E-state index in [1.807, 2.05) is 24.3 Å². The summed E-state index contributed by atoms with van der Waals surface area (Å²) in [5.74, 6) is 0. The molecule has 0 aliphatic rings. The maximum atomic E-state index is 9.35. The predicted octanol–water partition coefficient (Wildman–Crippen LogP) is 2.71. The van der Waals surface area contributed by atoms with Crippen LogP contribution in [0.5, 0.6) is 0 Å². The molecule has 0 spiro atoms. The molecule has 0 saturated heterocycles. The highest BCUT2D eigenvalue weighted by atomic mass is 35.5. The van der Waals surface area contributed by atoms with E-state index < -0.39 is 0 Å². The normalized spacial score (nSPS) is 11.8. The van der Waals surface area contributed by atoms with Crippen LogP contribution in [0.4, 0.5) is 0 Å². The molecule has 1 aromatic heterocycles. The molecule has 96 valence electrons. The molecule has 2 aromatic rings. The van der Waals surface area contributed by atoms with Crippen LogP contribution in [-0.4, -0.2) is 20.1 Å². The number of aliphatic hydroxyl groups is 1. The highest BCUT2D eigenvalue weighted by molar-refractivity contribution is 6.30. The number of aromatic nitrogens is 3. The van der Waals surface area contributed by atoms with Crippen LogP contribution < -0.4 is 0 Å². The van der Waals surface area contributed by atoms with Gasteiger partial charge in [-0.05, 0) is 24.3 Å². The Morgan fingerprint density at radius 3 is 2.33 bits per heavy atom. The van der Waals surface area contributed by atoms with E-state index in [-0.39, 0.29) is 12.0 Å². The molecule has 5 heteroatoms. The molecule has 18 heavy (non-hydrogen) atoms. The van der Waals surface area contributed by atoms with Gasteiger partial charge >= 0.3 is 0 Å². The summed E-state index contributed by atoms with van der Waals surface area (Å²) in [6.45, 7) is 6.09. The van der Waals surface area contributed by atoms with Crippen molar-refractivity contribution in [2.75, 3.05) is 0 Å². The quantitative estimate of drug-likeness (QED) is 0.908. The van der Waals surface area contributed by atoms with Crippen molar-refractivity contribution < 1.29 is 5.11 Å². The predicted molar refractivity (Wildman–Crippen MR) is 71.0 cm³/mol. The molecule has 1 heterocycles. The van der Waals surface area contributed by atoms with Gasteiger partial charge in [-0.3, -0.25) is 0 Å².